The Labute approximate surface area is 125 Å². The van der Waals surface area contributed by atoms with Gasteiger partial charge in [-0.3, -0.25) is 0 Å². The van der Waals surface area contributed by atoms with Crippen LogP contribution >= 0.6 is 11.8 Å². The zero-order valence-electron chi connectivity index (χ0n) is 11.8. The molecule has 3 rings (SSSR count). The van der Waals surface area contributed by atoms with E-state index in [0.29, 0.717) is 0 Å². The molecule has 0 spiro atoms. The van der Waals surface area contributed by atoms with Crippen LogP contribution in [0.4, 0.5) is 0 Å². The molecule has 0 amide bonds. The Morgan fingerprint density at radius 3 is 2.75 bits per heavy atom. The van der Waals surface area contributed by atoms with Crippen molar-refractivity contribution in [2.24, 2.45) is 0 Å². The highest BCUT2D eigenvalue weighted by Gasteiger charge is 2.14. The van der Waals surface area contributed by atoms with Gasteiger partial charge >= 0.3 is 0 Å². The van der Waals surface area contributed by atoms with Crippen molar-refractivity contribution in [1.29, 1.82) is 0 Å². The summed E-state index contributed by atoms with van der Waals surface area (Å²) < 4.78 is 0. The van der Waals surface area contributed by atoms with E-state index in [1.165, 1.54) is 40.2 Å². The predicted molar refractivity (Wildman–Crippen MR) is 84.3 cm³/mol. The van der Waals surface area contributed by atoms with Gasteiger partial charge in [0.05, 0.1) is 6.10 Å². The Hall–Kier alpha value is -1.25. The average molecular weight is 284 g/mol. The maximum atomic E-state index is 10.1. The molecule has 1 aliphatic carbocycles. The molecule has 0 aliphatic heterocycles. The van der Waals surface area contributed by atoms with E-state index in [-0.39, 0.29) is 6.10 Å². The third kappa shape index (κ3) is 2.77. The lowest BCUT2D eigenvalue weighted by Gasteiger charge is -2.14. The molecule has 2 aromatic carbocycles. The van der Waals surface area contributed by atoms with Crippen LogP contribution in [-0.2, 0) is 12.8 Å². The molecule has 0 unspecified atom stereocenters. The van der Waals surface area contributed by atoms with Crippen LogP contribution in [0.3, 0.4) is 0 Å². The van der Waals surface area contributed by atoms with Gasteiger partial charge in [-0.05, 0) is 60.6 Å². The number of benzene rings is 2. The number of fused-ring (bicyclic) bond motifs is 1. The maximum absolute atomic E-state index is 10.1. The first-order chi connectivity index (χ1) is 9.78. The lowest BCUT2D eigenvalue weighted by atomic mass is 10.1. The monoisotopic (exact) mass is 284 g/mol. The molecule has 1 nitrogen and oxygen atoms in total. The van der Waals surface area contributed by atoms with Gasteiger partial charge in [-0.1, -0.05) is 43.0 Å². The summed E-state index contributed by atoms with van der Waals surface area (Å²) in [5, 5.41) is 10.1. The Morgan fingerprint density at radius 1 is 1.10 bits per heavy atom. The molecule has 0 saturated carbocycles. The molecule has 1 N–H and O–H groups in total. The summed E-state index contributed by atoms with van der Waals surface area (Å²) in [6.45, 7) is 2.02. The van der Waals surface area contributed by atoms with Crippen molar-refractivity contribution >= 4 is 11.8 Å². The Kier molecular flexibility index (Phi) is 4.13. The highest BCUT2D eigenvalue weighted by Crippen LogP contribution is 2.36. The predicted octanol–water partition coefficient (Wildman–Crippen LogP) is 4.77. The molecule has 0 heterocycles. The Morgan fingerprint density at radius 2 is 1.90 bits per heavy atom. The van der Waals surface area contributed by atoms with E-state index in [2.05, 4.69) is 24.3 Å². The number of hydrogen-bond acceptors (Lipinski definition) is 2. The van der Waals surface area contributed by atoms with E-state index in [1.807, 2.05) is 25.1 Å². The van der Waals surface area contributed by atoms with Crippen LogP contribution in [-0.4, -0.2) is 5.11 Å². The summed E-state index contributed by atoms with van der Waals surface area (Å²) in [5.41, 5.74) is 4.06. The first-order valence-corrected chi connectivity index (χ1v) is 8.16. The first kappa shape index (κ1) is 13.7. The molecule has 0 fully saturated rings. The molecule has 2 heteroatoms. The smallest absolute Gasteiger partial charge is 0.0798 e. The number of aliphatic hydroxyl groups excluding tert-OH is 1. The number of hydrogen-bond donors (Lipinski definition) is 1. The molecule has 1 aliphatic rings. The molecular weight excluding hydrogens is 264 g/mol. The molecule has 0 saturated heterocycles. The second-order valence-electron chi connectivity index (χ2n) is 5.35. The van der Waals surface area contributed by atoms with Gasteiger partial charge in [-0.15, -0.1) is 0 Å². The maximum Gasteiger partial charge on any atom is 0.0798 e. The molecule has 0 aromatic heterocycles. The van der Waals surface area contributed by atoms with E-state index in [0.717, 1.165) is 12.0 Å². The van der Waals surface area contributed by atoms with E-state index < -0.39 is 0 Å². The highest BCUT2D eigenvalue weighted by molar-refractivity contribution is 7.99. The van der Waals surface area contributed by atoms with Crippen molar-refractivity contribution in [3.8, 4) is 0 Å². The number of rotatable bonds is 4. The van der Waals surface area contributed by atoms with E-state index in [4.69, 9.17) is 0 Å². The van der Waals surface area contributed by atoms with Gasteiger partial charge in [0.2, 0.25) is 0 Å². The van der Waals surface area contributed by atoms with Crippen LogP contribution in [0, 0.1) is 0 Å². The zero-order chi connectivity index (χ0) is 13.9. The van der Waals surface area contributed by atoms with Crippen LogP contribution in [0.25, 0.3) is 0 Å². The molecule has 20 heavy (non-hydrogen) atoms. The summed E-state index contributed by atoms with van der Waals surface area (Å²) in [6, 6.07) is 15.0. The Bertz CT molecular complexity index is 606. The van der Waals surface area contributed by atoms with Gasteiger partial charge in [0.15, 0.2) is 0 Å². The molecular formula is C18H20OS. The summed E-state index contributed by atoms with van der Waals surface area (Å²) in [4.78, 5) is 2.45. The Balaban J connectivity index is 1.88. The molecule has 1 atom stereocenters. The fraction of sp³-hybridized carbons (Fsp3) is 0.333. The first-order valence-electron chi connectivity index (χ1n) is 7.34. The van der Waals surface area contributed by atoms with Gasteiger partial charge in [-0.25, -0.2) is 0 Å². The second kappa shape index (κ2) is 6.02. The van der Waals surface area contributed by atoms with Crippen molar-refractivity contribution < 1.29 is 5.11 Å². The van der Waals surface area contributed by atoms with Crippen LogP contribution in [0.2, 0.25) is 0 Å². The van der Waals surface area contributed by atoms with Crippen molar-refractivity contribution in [1.82, 2.24) is 0 Å². The minimum atomic E-state index is -0.367. The van der Waals surface area contributed by atoms with Gasteiger partial charge in [0.1, 0.15) is 0 Å². The highest BCUT2D eigenvalue weighted by atomic mass is 32.2. The topological polar surface area (TPSA) is 20.2 Å². The molecule has 0 radical (unpaired) electrons. The second-order valence-corrected chi connectivity index (χ2v) is 6.46. The van der Waals surface area contributed by atoms with Crippen molar-refractivity contribution in [2.45, 2.75) is 48.5 Å². The van der Waals surface area contributed by atoms with Crippen molar-refractivity contribution in [2.75, 3.05) is 0 Å². The van der Waals surface area contributed by atoms with Crippen LogP contribution in [0.1, 0.15) is 42.6 Å². The molecule has 0 bridgehead atoms. The van der Waals surface area contributed by atoms with Crippen molar-refractivity contribution in [3.05, 3.63) is 59.2 Å². The standard InChI is InChI=1S/C18H20OS/c1-2-17(19)16-8-3-4-9-18(16)20-15-11-10-13-6-5-7-14(13)12-15/h3-4,8-12,17,19H,2,5-7H2,1H3/t17-/m0/s1. The summed E-state index contributed by atoms with van der Waals surface area (Å²) in [7, 11) is 0. The summed E-state index contributed by atoms with van der Waals surface area (Å²) in [6.07, 6.45) is 4.11. The minimum absolute atomic E-state index is 0.367. The lowest BCUT2D eigenvalue weighted by molar-refractivity contribution is 0.171. The quantitative estimate of drug-likeness (QED) is 0.872. The minimum Gasteiger partial charge on any atom is -0.388 e. The van der Waals surface area contributed by atoms with Gasteiger partial charge < -0.3 is 5.11 Å². The third-order valence-electron chi connectivity index (χ3n) is 3.96. The van der Waals surface area contributed by atoms with Gasteiger partial charge in [0, 0.05) is 9.79 Å². The normalized spacial score (nSPS) is 15.1. The third-order valence-corrected chi connectivity index (χ3v) is 5.04. The van der Waals surface area contributed by atoms with E-state index >= 15 is 0 Å². The van der Waals surface area contributed by atoms with E-state index in [9.17, 15) is 5.11 Å². The molecule has 2 aromatic rings. The summed E-state index contributed by atoms with van der Waals surface area (Å²) in [5.74, 6) is 0. The molecule has 104 valence electrons. The van der Waals surface area contributed by atoms with Crippen molar-refractivity contribution in [3.63, 3.8) is 0 Å². The lowest BCUT2D eigenvalue weighted by Crippen LogP contribution is -1.97. The zero-order valence-corrected chi connectivity index (χ0v) is 12.6. The van der Waals surface area contributed by atoms with Crippen LogP contribution < -0.4 is 0 Å². The summed E-state index contributed by atoms with van der Waals surface area (Å²) >= 11 is 1.76. The number of aliphatic hydroxyl groups is 1. The average Bonchev–Trinajstić information content (AvgIpc) is 2.94. The fourth-order valence-corrected chi connectivity index (χ4v) is 3.87. The SMILES string of the molecule is CC[C@H](O)c1ccccc1Sc1ccc2c(c1)CCC2. The van der Waals surface area contributed by atoms with Gasteiger partial charge in [0.25, 0.3) is 0 Å². The number of aryl methyl sites for hydroxylation is 2. The largest absolute Gasteiger partial charge is 0.388 e. The van der Waals surface area contributed by atoms with Crippen LogP contribution in [0.5, 0.6) is 0 Å². The van der Waals surface area contributed by atoms with E-state index in [1.54, 1.807) is 11.8 Å². The van der Waals surface area contributed by atoms with Crippen LogP contribution in [0.15, 0.2) is 52.3 Å². The van der Waals surface area contributed by atoms with Gasteiger partial charge in [-0.2, -0.15) is 0 Å². The fourth-order valence-electron chi connectivity index (χ4n) is 2.81.